The molecule has 0 atom stereocenters. The Hall–Kier alpha value is -1.82. The van der Waals surface area contributed by atoms with Gasteiger partial charge in [-0.25, -0.2) is 0 Å². The molecule has 0 spiro atoms. The predicted octanol–water partition coefficient (Wildman–Crippen LogP) is 1.79. The first-order chi connectivity index (χ1) is 8.62. The van der Waals surface area contributed by atoms with E-state index in [1.165, 1.54) is 0 Å². The van der Waals surface area contributed by atoms with Gasteiger partial charge in [0, 0.05) is 18.7 Å². The SMILES string of the molecule is CCN(CC)C(=S)Oc1ccc(/C(N)=N/O)cc1. The van der Waals surface area contributed by atoms with Crippen LogP contribution in [-0.4, -0.2) is 34.2 Å². The average Bonchev–Trinajstić information content (AvgIpc) is 2.40. The Labute approximate surface area is 112 Å². The Morgan fingerprint density at radius 2 is 1.89 bits per heavy atom. The lowest BCUT2D eigenvalue weighted by molar-refractivity contribution is 0.318. The third-order valence-corrected chi connectivity index (χ3v) is 2.83. The molecule has 0 saturated carbocycles. The molecule has 0 aliphatic heterocycles. The van der Waals surface area contributed by atoms with Crippen LogP contribution in [0.4, 0.5) is 0 Å². The zero-order valence-electron chi connectivity index (χ0n) is 10.5. The van der Waals surface area contributed by atoms with Crippen molar-refractivity contribution < 1.29 is 9.94 Å². The van der Waals surface area contributed by atoms with E-state index in [9.17, 15) is 0 Å². The number of nitrogens with two attached hydrogens (primary N) is 1. The van der Waals surface area contributed by atoms with Crippen molar-refractivity contribution in [3.05, 3.63) is 29.8 Å². The van der Waals surface area contributed by atoms with Crippen molar-refractivity contribution in [2.24, 2.45) is 10.9 Å². The minimum atomic E-state index is 0.0628. The molecule has 1 rings (SSSR count). The van der Waals surface area contributed by atoms with E-state index >= 15 is 0 Å². The van der Waals surface area contributed by atoms with E-state index in [-0.39, 0.29) is 5.84 Å². The molecule has 18 heavy (non-hydrogen) atoms. The molecule has 0 fully saturated rings. The van der Waals surface area contributed by atoms with Crippen molar-refractivity contribution in [3.63, 3.8) is 0 Å². The Morgan fingerprint density at radius 3 is 2.33 bits per heavy atom. The fourth-order valence-corrected chi connectivity index (χ4v) is 1.75. The fraction of sp³-hybridized carbons (Fsp3) is 0.333. The second-order valence-electron chi connectivity index (χ2n) is 3.55. The molecule has 0 unspecified atom stereocenters. The summed E-state index contributed by atoms with van der Waals surface area (Å²) in [7, 11) is 0. The van der Waals surface area contributed by atoms with Gasteiger partial charge in [-0.05, 0) is 50.3 Å². The molecule has 1 aromatic rings. The number of hydrogen-bond donors (Lipinski definition) is 2. The molecule has 0 heterocycles. The van der Waals surface area contributed by atoms with Crippen molar-refractivity contribution in [3.8, 4) is 5.75 Å². The van der Waals surface area contributed by atoms with Crippen LogP contribution in [0.15, 0.2) is 29.4 Å². The van der Waals surface area contributed by atoms with Crippen molar-refractivity contribution in [2.45, 2.75) is 13.8 Å². The highest BCUT2D eigenvalue weighted by atomic mass is 32.1. The van der Waals surface area contributed by atoms with Crippen LogP contribution >= 0.6 is 12.2 Å². The minimum absolute atomic E-state index is 0.0628. The minimum Gasteiger partial charge on any atom is -0.432 e. The van der Waals surface area contributed by atoms with Gasteiger partial charge in [0.15, 0.2) is 5.84 Å². The van der Waals surface area contributed by atoms with Gasteiger partial charge in [-0.3, -0.25) is 0 Å². The summed E-state index contributed by atoms with van der Waals surface area (Å²) < 4.78 is 5.54. The Morgan fingerprint density at radius 1 is 1.33 bits per heavy atom. The first-order valence-electron chi connectivity index (χ1n) is 5.67. The zero-order chi connectivity index (χ0) is 13.5. The maximum absolute atomic E-state index is 8.54. The number of nitrogens with zero attached hydrogens (tertiary/aromatic N) is 2. The summed E-state index contributed by atoms with van der Waals surface area (Å²) in [5.74, 6) is 0.689. The molecule has 98 valence electrons. The zero-order valence-corrected chi connectivity index (χ0v) is 11.3. The van der Waals surface area contributed by atoms with Crippen molar-refractivity contribution >= 4 is 23.2 Å². The number of rotatable bonds is 4. The molecule has 0 bridgehead atoms. The summed E-state index contributed by atoms with van der Waals surface area (Å²) in [5, 5.41) is 11.9. The van der Waals surface area contributed by atoms with Gasteiger partial charge in [0.25, 0.3) is 5.17 Å². The highest BCUT2D eigenvalue weighted by molar-refractivity contribution is 7.80. The summed E-state index contributed by atoms with van der Waals surface area (Å²) >= 11 is 5.18. The lowest BCUT2D eigenvalue weighted by atomic mass is 10.2. The first kappa shape index (κ1) is 14.2. The molecule has 5 nitrogen and oxygen atoms in total. The van der Waals surface area contributed by atoms with Crippen molar-refractivity contribution in [2.75, 3.05) is 13.1 Å². The van der Waals surface area contributed by atoms with E-state index in [0.717, 1.165) is 13.1 Å². The van der Waals surface area contributed by atoms with Crippen LogP contribution in [0.3, 0.4) is 0 Å². The average molecular weight is 267 g/mol. The van der Waals surface area contributed by atoms with Gasteiger partial charge >= 0.3 is 0 Å². The van der Waals surface area contributed by atoms with Gasteiger partial charge in [-0.15, -0.1) is 0 Å². The predicted molar refractivity (Wildman–Crippen MR) is 75.1 cm³/mol. The van der Waals surface area contributed by atoms with Gasteiger partial charge in [0.2, 0.25) is 0 Å². The molecule has 0 saturated heterocycles. The van der Waals surface area contributed by atoms with Crippen LogP contribution in [0.2, 0.25) is 0 Å². The normalized spacial score (nSPS) is 11.1. The van der Waals surface area contributed by atoms with Crippen LogP contribution in [0.25, 0.3) is 0 Å². The van der Waals surface area contributed by atoms with Crippen LogP contribution in [0, 0.1) is 0 Å². The van der Waals surface area contributed by atoms with E-state index in [4.69, 9.17) is 27.9 Å². The van der Waals surface area contributed by atoms with Gasteiger partial charge in [0.05, 0.1) is 0 Å². The lowest BCUT2D eigenvalue weighted by Crippen LogP contribution is -2.32. The molecule has 0 aliphatic rings. The van der Waals surface area contributed by atoms with Gasteiger partial charge in [-0.1, -0.05) is 5.16 Å². The monoisotopic (exact) mass is 267 g/mol. The summed E-state index contributed by atoms with van der Waals surface area (Å²) in [6, 6.07) is 6.86. The van der Waals surface area contributed by atoms with Gasteiger partial charge < -0.3 is 20.6 Å². The topological polar surface area (TPSA) is 71.1 Å². The molecule has 0 aromatic heterocycles. The van der Waals surface area contributed by atoms with Crippen LogP contribution in [-0.2, 0) is 0 Å². The molecule has 0 radical (unpaired) electrons. The number of benzene rings is 1. The fourth-order valence-electron chi connectivity index (χ4n) is 1.40. The summed E-state index contributed by atoms with van der Waals surface area (Å²) in [6.07, 6.45) is 0. The number of oxime groups is 1. The Bertz CT molecular complexity index is 427. The van der Waals surface area contributed by atoms with Gasteiger partial charge in [-0.2, -0.15) is 0 Å². The largest absolute Gasteiger partial charge is 0.432 e. The van der Waals surface area contributed by atoms with Crippen LogP contribution in [0.5, 0.6) is 5.75 Å². The van der Waals surface area contributed by atoms with E-state index in [1.54, 1.807) is 24.3 Å². The summed E-state index contributed by atoms with van der Waals surface area (Å²) in [4.78, 5) is 1.94. The molecule has 1 aromatic carbocycles. The molecule has 6 heteroatoms. The highest BCUT2D eigenvalue weighted by Gasteiger charge is 2.07. The molecule has 3 N–H and O–H groups in total. The lowest BCUT2D eigenvalue weighted by Gasteiger charge is -2.21. The molecular weight excluding hydrogens is 250 g/mol. The standard InChI is InChI=1S/C12H17N3O2S/c1-3-15(4-2)12(18)17-10-7-5-9(6-8-10)11(13)14-16/h5-8,16H,3-4H2,1-2H3,(H2,13,14). The highest BCUT2D eigenvalue weighted by Crippen LogP contribution is 2.13. The molecule has 0 aliphatic carbocycles. The molecular formula is C12H17N3O2S. The van der Waals surface area contributed by atoms with E-state index in [2.05, 4.69) is 5.16 Å². The maximum Gasteiger partial charge on any atom is 0.264 e. The quantitative estimate of drug-likeness (QED) is 0.286. The van der Waals surface area contributed by atoms with Gasteiger partial charge in [0.1, 0.15) is 5.75 Å². The number of hydrogen-bond acceptors (Lipinski definition) is 4. The van der Waals surface area contributed by atoms with Crippen LogP contribution in [0.1, 0.15) is 19.4 Å². The number of thiocarbonyl (C=S) groups is 1. The van der Waals surface area contributed by atoms with Crippen molar-refractivity contribution in [1.29, 1.82) is 0 Å². The third kappa shape index (κ3) is 3.59. The Balaban J connectivity index is 2.72. The Kier molecular flexibility index (Phi) is 5.38. The maximum atomic E-state index is 8.54. The second-order valence-corrected chi connectivity index (χ2v) is 3.90. The second kappa shape index (κ2) is 6.80. The number of amidine groups is 1. The summed E-state index contributed by atoms with van der Waals surface area (Å²) in [5.41, 5.74) is 6.09. The number of ether oxygens (including phenoxy) is 1. The van der Waals surface area contributed by atoms with Crippen LogP contribution < -0.4 is 10.5 Å². The van der Waals surface area contributed by atoms with E-state index in [1.807, 2.05) is 18.7 Å². The van der Waals surface area contributed by atoms with E-state index in [0.29, 0.717) is 16.5 Å². The summed E-state index contributed by atoms with van der Waals surface area (Å²) in [6.45, 7) is 5.64. The molecule has 0 amide bonds. The third-order valence-electron chi connectivity index (χ3n) is 2.48. The van der Waals surface area contributed by atoms with E-state index < -0.39 is 0 Å². The first-order valence-corrected chi connectivity index (χ1v) is 6.07. The van der Waals surface area contributed by atoms with Crippen molar-refractivity contribution in [1.82, 2.24) is 4.90 Å². The smallest absolute Gasteiger partial charge is 0.264 e.